The maximum absolute atomic E-state index is 12.6. The van der Waals surface area contributed by atoms with Gasteiger partial charge in [-0.1, -0.05) is 12.1 Å². The zero-order chi connectivity index (χ0) is 19.5. The van der Waals surface area contributed by atoms with E-state index in [0.29, 0.717) is 17.9 Å². The standard InChI is InChI=1S/C22H21N3O3/c1-14-3-5-18(9-15(14)2)25-22(26)17-7-8-23-21(11-17)24-12-16-4-6-19-20(10-16)28-13-27-19/h3-11H,12-13H2,1-2H3,(H,23,24)(H,25,26). The van der Waals surface area contributed by atoms with Crippen molar-refractivity contribution in [1.82, 2.24) is 4.98 Å². The number of fused-ring (bicyclic) bond motifs is 1. The van der Waals surface area contributed by atoms with E-state index in [9.17, 15) is 4.79 Å². The number of amides is 1. The number of pyridine rings is 1. The predicted octanol–water partition coefficient (Wildman–Crippen LogP) is 4.29. The van der Waals surface area contributed by atoms with Crippen molar-refractivity contribution in [2.75, 3.05) is 17.4 Å². The summed E-state index contributed by atoms with van der Waals surface area (Å²) in [6, 6.07) is 15.1. The smallest absolute Gasteiger partial charge is 0.255 e. The summed E-state index contributed by atoms with van der Waals surface area (Å²) in [4.78, 5) is 16.9. The monoisotopic (exact) mass is 375 g/mol. The molecule has 0 radical (unpaired) electrons. The number of aromatic nitrogens is 1. The molecule has 0 unspecified atom stereocenters. The van der Waals surface area contributed by atoms with Crippen LogP contribution in [0.1, 0.15) is 27.0 Å². The number of hydrogen-bond donors (Lipinski definition) is 2. The van der Waals surface area contributed by atoms with Crippen LogP contribution in [0.15, 0.2) is 54.7 Å². The van der Waals surface area contributed by atoms with Gasteiger partial charge in [-0.05, 0) is 66.9 Å². The summed E-state index contributed by atoms with van der Waals surface area (Å²) in [5.41, 5.74) is 4.69. The number of carbonyl (C=O) groups excluding carboxylic acids is 1. The fourth-order valence-electron chi connectivity index (χ4n) is 2.93. The summed E-state index contributed by atoms with van der Waals surface area (Å²) in [6.45, 7) is 4.88. The topological polar surface area (TPSA) is 72.5 Å². The summed E-state index contributed by atoms with van der Waals surface area (Å²) in [5, 5.41) is 6.17. The van der Waals surface area contributed by atoms with Crippen LogP contribution in [-0.2, 0) is 6.54 Å². The van der Waals surface area contributed by atoms with E-state index in [1.807, 2.05) is 50.2 Å². The van der Waals surface area contributed by atoms with E-state index < -0.39 is 0 Å². The van der Waals surface area contributed by atoms with Gasteiger partial charge in [0.15, 0.2) is 11.5 Å². The third-order valence-corrected chi connectivity index (χ3v) is 4.70. The summed E-state index contributed by atoms with van der Waals surface area (Å²) >= 11 is 0. The maximum Gasteiger partial charge on any atom is 0.255 e. The van der Waals surface area contributed by atoms with Gasteiger partial charge in [0.2, 0.25) is 6.79 Å². The lowest BCUT2D eigenvalue weighted by molar-refractivity contribution is 0.102. The van der Waals surface area contributed by atoms with Gasteiger partial charge in [-0.15, -0.1) is 0 Å². The first kappa shape index (κ1) is 17.9. The highest BCUT2D eigenvalue weighted by molar-refractivity contribution is 6.04. The fourth-order valence-corrected chi connectivity index (χ4v) is 2.93. The molecule has 28 heavy (non-hydrogen) atoms. The number of nitrogens with one attached hydrogen (secondary N) is 2. The maximum atomic E-state index is 12.6. The van der Waals surface area contributed by atoms with Crippen LogP contribution < -0.4 is 20.1 Å². The molecule has 2 N–H and O–H groups in total. The van der Waals surface area contributed by atoms with Gasteiger partial charge in [0, 0.05) is 24.0 Å². The Labute approximate surface area is 163 Å². The first-order valence-corrected chi connectivity index (χ1v) is 9.05. The largest absolute Gasteiger partial charge is 0.454 e. The number of hydrogen-bond acceptors (Lipinski definition) is 5. The molecule has 0 atom stereocenters. The third kappa shape index (κ3) is 3.91. The SMILES string of the molecule is Cc1ccc(NC(=O)c2ccnc(NCc3ccc4c(c3)OCO4)c2)cc1C. The number of aryl methyl sites for hydroxylation is 2. The Kier molecular flexibility index (Phi) is 4.85. The lowest BCUT2D eigenvalue weighted by Crippen LogP contribution is -2.13. The van der Waals surface area contributed by atoms with Crippen LogP contribution in [-0.4, -0.2) is 17.7 Å². The molecule has 0 saturated heterocycles. The van der Waals surface area contributed by atoms with Crippen LogP contribution in [0.2, 0.25) is 0 Å². The van der Waals surface area contributed by atoms with Crippen molar-refractivity contribution in [3.05, 3.63) is 77.0 Å². The molecule has 0 bridgehead atoms. The third-order valence-electron chi connectivity index (χ3n) is 4.70. The Balaban J connectivity index is 1.42. The molecule has 0 spiro atoms. The van der Waals surface area contributed by atoms with E-state index in [4.69, 9.17) is 9.47 Å². The second kappa shape index (κ2) is 7.60. The number of anilines is 2. The Bertz CT molecular complexity index is 1030. The Morgan fingerprint density at radius 3 is 2.71 bits per heavy atom. The lowest BCUT2D eigenvalue weighted by Gasteiger charge is -2.10. The summed E-state index contributed by atoms with van der Waals surface area (Å²) < 4.78 is 10.7. The van der Waals surface area contributed by atoms with Gasteiger partial charge in [-0.25, -0.2) is 4.98 Å². The van der Waals surface area contributed by atoms with E-state index in [0.717, 1.165) is 28.3 Å². The van der Waals surface area contributed by atoms with Crippen LogP contribution in [0.3, 0.4) is 0 Å². The normalized spacial score (nSPS) is 11.9. The van der Waals surface area contributed by atoms with Crippen molar-refractivity contribution in [2.24, 2.45) is 0 Å². The van der Waals surface area contributed by atoms with Crippen LogP contribution in [0.4, 0.5) is 11.5 Å². The quantitative estimate of drug-likeness (QED) is 0.696. The average molecular weight is 375 g/mol. The molecule has 1 aliphatic rings. The van der Waals surface area contributed by atoms with Gasteiger partial charge >= 0.3 is 0 Å². The molecule has 6 heteroatoms. The summed E-state index contributed by atoms with van der Waals surface area (Å²) in [5.74, 6) is 1.96. The molecule has 6 nitrogen and oxygen atoms in total. The molecule has 142 valence electrons. The number of nitrogens with zero attached hydrogens (tertiary/aromatic N) is 1. The molecule has 2 heterocycles. The lowest BCUT2D eigenvalue weighted by atomic mass is 10.1. The van der Waals surface area contributed by atoms with Crippen molar-refractivity contribution in [1.29, 1.82) is 0 Å². The molecule has 0 aliphatic carbocycles. The predicted molar refractivity (Wildman–Crippen MR) is 108 cm³/mol. The molecule has 0 saturated carbocycles. The molecule has 1 amide bonds. The van der Waals surface area contributed by atoms with Crippen LogP contribution in [0, 0.1) is 13.8 Å². The van der Waals surface area contributed by atoms with E-state index in [2.05, 4.69) is 15.6 Å². The molecule has 4 rings (SSSR count). The van der Waals surface area contributed by atoms with E-state index in [-0.39, 0.29) is 12.7 Å². The highest BCUT2D eigenvalue weighted by atomic mass is 16.7. The summed E-state index contributed by atoms with van der Waals surface area (Å²) in [6.07, 6.45) is 1.62. The van der Waals surface area contributed by atoms with Gasteiger partial charge in [-0.2, -0.15) is 0 Å². The molecular weight excluding hydrogens is 354 g/mol. The molecule has 1 aromatic heterocycles. The second-order valence-corrected chi connectivity index (χ2v) is 6.72. The van der Waals surface area contributed by atoms with E-state index in [1.54, 1.807) is 18.3 Å². The first-order valence-electron chi connectivity index (χ1n) is 9.05. The highest BCUT2D eigenvalue weighted by Gasteiger charge is 2.13. The van der Waals surface area contributed by atoms with Crippen molar-refractivity contribution in [3.63, 3.8) is 0 Å². The van der Waals surface area contributed by atoms with Crippen molar-refractivity contribution < 1.29 is 14.3 Å². The van der Waals surface area contributed by atoms with Crippen molar-refractivity contribution in [3.8, 4) is 11.5 Å². The Morgan fingerprint density at radius 2 is 1.86 bits per heavy atom. The zero-order valence-corrected chi connectivity index (χ0v) is 15.8. The Morgan fingerprint density at radius 1 is 1.00 bits per heavy atom. The molecule has 1 aliphatic heterocycles. The van der Waals surface area contributed by atoms with Crippen LogP contribution >= 0.6 is 0 Å². The van der Waals surface area contributed by atoms with Gasteiger partial charge in [0.25, 0.3) is 5.91 Å². The minimum Gasteiger partial charge on any atom is -0.454 e. The fraction of sp³-hybridized carbons (Fsp3) is 0.182. The number of rotatable bonds is 5. The molecular formula is C22H21N3O3. The zero-order valence-electron chi connectivity index (χ0n) is 15.8. The minimum atomic E-state index is -0.170. The number of carbonyl (C=O) groups is 1. The molecule has 0 fully saturated rings. The van der Waals surface area contributed by atoms with Gasteiger partial charge < -0.3 is 20.1 Å². The second-order valence-electron chi connectivity index (χ2n) is 6.72. The average Bonchev–Trinajstić information content (AvgIpc) is 3.17. The van der Waals surface area contributed by atoms with Gasteiger partial charge in [-0.3, -0.25) is 4.79 Å². The minimum absolute atomic E-state index is 0.170. The van der Waals surface area contributed by atoms with Crippen molar-refractivity contribution in [2.45, 2.75) is 20.4 Å². The first-order chi connectivity index (χ1) is 13.6. The Hall–Kier alpha value is -3.54. The number of benzene rings is 2. The molecule has 3 aromatic rings. The van der Waals surface area contributed by atoms with Crippen molar-refractivity contribution >= 4 is 17.4 Å². The summed E-state index contributed by atoms with van der Waals surface area (Å²) in [7, 11) is 0. The molecule has 2 aromatic carbocycles. The van der Waals surface area contributed by atoms with Crippen LogP contribution in [0.5, 0.6) is 11.5 Å². The van der Waals surface area contributed by atoms with E-state index in [1.165, 1.54) is 5.56 Å². The number of ether oxygens (including phenoxy) is 2. The van der Waals surface area contributed by atoms with E-state index >= 15 is 0 Å². The highest BCUT2D eigenvalue weighted by Crippen LogP contribution is 2.32. The van der Waals surface area contributed by atoms with Gasteiger partial charge in [0.05, 0.1) is 0 Å². The van der Waals surface area contributed by atoms with Crippen LogP contribution in [0.25, 0.3) is 0 Å². The van der Waals surface area contributed by atoms with Gasteiger partial charge in [0.1, 0.15) is 5.82 Å².